The van der Waals surface area contributed by atoms with Crippen LogP contribution in [-0.2, 0) is 16.6 Å². The summed E-state index contributed by atoms with van der Waals surface area (Å²) in [6, 6.07) is 0. The summed E-state index contributed by atoms with van der Waals surface area (Å²) in [6.45, 7) is 4.06. The molecule has 118 valence electrons. The first-order chi connectivity index (χ1) is 10.1. The molecule has 2 fully saturated rings. The van der Waals surface area contributed by atoms with Crippen molar-refractivity contribution in [3.63, 3.8) is 0 Å². The summed E-state index contributed by atoms with van der Waals surface area (Å²) in [5.41, 5.74) is 0. The molecule has 2 aliphatic rings. The van der Waals surface area contributed by atoms with Gasteiger partial charge in [0.25, 0.3) is 0 Å². The van der Waals surface area contributed by atoms with E-state index >= 15 is 0 Å². The zero-order valence-electron chi connectivity index (χ0n) is 12.1. The molecule has 1 aliphatic heterocycles. The summed E-state index contributed by atoms with van der Waals surface area (Å²) in [5.74, 6) is 0.838. The predicted molar refractivity (Wildman–Crippen MR) is 77.2 cm³/mol. The third kappa shape index (κ3) is 3.45. The van der Waals surface area contributed by atoms with Crippen molar-refractivity contribution in [3.8, 4) is 0 Å². The number of aromatic nitrogens is 2. The minimum atomic E-state index is -3.45. The van der Waals surface area contributed by atoms with E-state index in [1.165, 1.54) is 34.2 Å². The summed E-state index contributed by atoms with van der Waals surface area (Å²) in [6.07, 6.45) is 5.49. The van der Waals surface area contributed by atoms with E-state index in [-0.39, 0.29) is 11.5 Å². The standard InChI is InChI=1S/C13H22N4O3S/c18-8-7-16-11-13(9-14-16)21(19,20)17-5-3-15(4-6-17)10-12-1-2-12/h9,11-12,18H,1-8,10H2. The van der Waals surface area contributed by atoms with Gasteiger partial charge >= 0.3 is 0 Å². The van der Waals surface area contributed by atoms with Gasteiger partial charge in [-0.3, -0.25) is 4.68 Å². The molecule has 8 heteroatoms. The van der Waals surface area contributed by atoms with Crippen LogP contribution in [-0.4, -0.2) is 71.8 Å². The van der Waals surface area contributed by atoms with Gasteiger partial charge in [-0.2, -0.15) is 9.40 Å². The smallest absolute Gasteiger partial charge is 0.246 e. The highest BCUT2D eigenvalue weighted by Crippen LogP contribution is 2.30. The maximum absolute atomic E-state index is 12.5. The molecule has 1 aliphatic carbocycles. The molecule has 0 amide bonds. The van der Waals surface area contributed by atoms with Gasteiger partial charge in [-0.1, -0.05) is 0 Å². The summed E-state index contributed by atoms with van der Waals surface area (Å²) >= 11 is 0. The molecule has 0 atom stereocenters. The molecule has 7 nitrogen and oxygen atoms in total. The van der Waals surface area contributed by atoms with Crippen LogP contribution in [0.5, 0.6) is 0 Å². The second-order valence-electron chi connectivity index (χ2n) is 5.81. The number of rotatable bonds is 6. The van der Waals surface area contributed by atoms with Crippen LogP contribution >= 0.6 is 0 Å². The van der Waals surface area contributed by atoms with Crippen molar-refractivity contribution in [1.82, 2.24) is 19.0 Å². The Hall–Kier alpha value is -0.960. The molecule has 1 saturated carbocycles. The average molecular weight is 314 g/mol. The van der Waals surface area contributed by atoms with E-state index < -0.39 is 10.0 Å². The summed E-state index contributed by atoms with van der Waals surface area (Å²) in [7, 11) is -3.45. The van der Waals surface area contributed by atoms with Gasteiger partial charge in [0, 0.05) is 38.9 Å². The topological polar surface area (TPSA) is 78.7 Å². The molecule has 1 aromatic rings. The van der Waals surface area contributed by atoms with Gasteiger partial charge in [0.2, 0.25) is 10.0 Å². The third-order valence-corrected chi connectivity index (χ3v) is 5.97. The largest absolute Gasteiger partial charge is 0.394 e. The lowest BCUT2D eigenvalue weighted by Crippen LogP contribution is -2.48. The molecule has 21 heavy (non-hydrogen) atoms. The number of hydrogen-bond donors (Lipinski definition) is 1. The molecular weight excluding hydrogens is 292 g/mol. The van der Waals surface area contributed by atoms with Crippen molar-refractivity contribution < 1.29 is 13.5 Å². The van der Waals surface area contributed by atoms with Crippen molar-refractivity contribution >= 4 is 10.0 Å². The van der Waals surface area contributed by atoms with Gasteiger partial charge in [0.1, 0.15) is 4.90 Å². The fourth-order valence-electron chi connectivity index (χ4n) is 2.67. The zero-order chi connectivity index (χ0) is 14.9. The Morgan fingerprint density at radius 1 is 1.24 bits per heavy atom. The number of hydrogen-bond acceptors (Lipinski definition) is 5. The molecule has 0 spiro atoms. The monoisotopic (exact) mass is 314 g/mol. The number of piperazine rings is 1. The fourth-order valence-corrected chi connectivity index (χ4v) is 4.05. The van der Waals surface area contributed by atoms with Crippen LogP contribution in [0.25, 0.3) is 0 Å². The van der Waals surface area contributed by atoms with Crippen LogP contribution in [0.3, 0.4) is 0 Å². The van der Waals surface area contributed by atoms with Gasteiger partial charge in [0.05, 0.1) is 19.3 Å². The molecule has 0 aromatic carbocycles. The predicted octanol–water partition coefficient (Wildman–Crippen LogP) is -0.408. The lowest BCUT2D eigenvalue weighted by molar-refractivity contribution is 0.182. The van der Waals surface area contributed by atoms with Crippen molar-refractivity contribution in [2.45, 2.75) is 24.3 Å². The molecule has 0 radical (unpaired) electrons. The van der Waals surface area contributed by atoms with Crippen molar-refractivity contribution in [2.24, 2.45) is 5.92 Å². The Bertz CT molecular complexity index is 574. The van der Waals surface area contributed by atoms with Crippen molar-refractivity contribution in [2.75, 3.05) is 39.3 Å². The number of nitrogens with zero attached hydrogens (tertiary/aromatic N) is 4. The Morgan fingerprint density at radius 2 is 1.95 bits per heavy atom. The first-order valence-electron chi connectivity index (χ1n) is 7.45. The SMILES string of the molecule is O=S(=O)(c1cnn(CCO)c1)N1CCN(CC2CC2)CC1. The average Bonchev–Trinajstić information content (AvgIpc) is 3.15. The van der Waals surface area contributed by atoms with E-state index in [1.54, 1.807) is 0 Å². The number of aliphatic hydroxyl groups is 1. The Labute approximate surface area is 125 Å². The van der Waals surface area contributed by atoms with Gasteiger partial charge < -0.3 is 10.0 Å². The quantitative estimate of drug-likeness (QED) is 0.772. The second kappa shape index (κ2) is 6.04. The number of sulfonamides is 1. The van der Waals surface area contributed by atoms with E-state index in [0.717, 1.165) is 25.6 Å². The van der Waals surface area contributed by atoms with Gasteiger partial charge in [0.15, 0.2) is 0 Å². The van der Waals surface area contributed by atoms with Gasteiger partial charge in [-0.25, -0.2) is 8.42 Å². The Morgan fingerprint density at radius 3 is 2.57 bits per heavy atom. The highest BCUT2D eigenvalue weighted by molar-refractivity contribution is 7.89. The third-order valence-electron chi connectivity index (χ3n) is 4.12. The summed E-state index contributed by atoms with van der Waals surface area (Å²) < 4.78 is 28.1. The molecule has 0 unspecified atom stereocenters. The summed E-state index contributed by atoms with van der Waals surface area (Å²) in [4.78, 5) is 2.57. The highest BCUT2D eigenvalue weighted by atomic mass is 32.2. The van der Waals surface area contributed by atoms with Gasteiger partial charge in [-0.05, 0) is 18.8 Å². The van der Waals surface area contributed by atoms with Crippen LogP contribution in [0.1, 0.15) is 12.8 Å². The molecule has 2 heterocycles. The normalized spacial score (nSPS) is 21.8. The molecule has 1 aromatic heterocycles. The van der Waals surface area contributed by atoms with Crippen molar-refractivity contribution in [3.05, 3.63) is 12.4 Å². The molecule has 1 saturated heterocycles. The van der Waals surface area contributed by atoms with Crippen LogP contribution < -0.4 is 0 Å². The van der Waals surface area contributed by atoms with E-state index in [9.17, 15) is 8.42 Å². The lowest BCUT2D eigenvalue weighted by Gasteiger charge is -2.33. The first kappa shape index (κ1) is 15.0. The zero-order valence-corrected chi connectivity index (χ0v) is 12.9. The van der Waals surface area contributed by atoms with Crippen LogP contribution in [0, 0.1) is 5.92 Å². The maximum Gasteiger partial charge on any atom is 0.246 e. The lowest BCUT2D eigenvalue weighted by atomic mass is 10.3. The van der Waals surface area contributed by atoms with Gasteiger partial charge in [-0.15, -0.1) is 0 Å². The molecule has 1 N–H and O–H groups in total. The van der Waals surface area contributed by atoms with E-state index in [1.807, 2.05) is 0 Å². The van der Waals surface area contributed by atoms with Crippen LogP contribution in [0.2, 0.25) is 0 Å². The number of aliphatic hydroxyl groups excluding tert-OH is 1. The first-order valence-corrected chi connectivity index (χ1v) is 8.89. The molecular formula is C13H22N4O3S. The summed E-state index contributed by atoms with van der Waals surface area (Å²) in [5, 5.41) is 12.8. The van der Waals surface area contributed by atoms with E-state index in [4.69, 9.17) is 5.11 Å². The van der Waals surface area contributed by atoms with Crippen molar-refractivity contribution in [1.29, 1.82) is 0 Å². The minimum Gasteiger partial charge on any atom is -0.394 e. The highest BCUT2D eigenvalue weighted by Gasteiger charge is 2.31. The molecule has 0 bridgehead atoms. The Balaban J connectivity index is 1.61. The van der Waals surface area contributed by atoms with E-state index in [0.29, 0.717) is 19.6 Å². The fraction of sp³-hybridized carbons (Fsp3) is 0.769. The van der Waals surface area contributed by atoms with E-state index in [2.05, 4.69) is 10.00 Å². The van der Waals surface area contributed by atoms with Crippen LogP contribution in [0.15, 0.2) is 17.3 Å². The van der Waals surface area contributed by atoms with Crippen LogP contribution in [0.4, 0.5) is 0 Å². The maximum atomic E-state index is 12.5. The minimum absolute atomic E-state index is 0.0546. The molecule has 3 rings (SSSR count). The second-order valence-corrected chi connectivity index (χ2v) is 7.75. The Kier molecular flexibility index (Phi) is 4.30.